The minimum absolute atomic E-state index is 0.173. The molecular weight excluding hydrogens is 389 g/mol. The first-order chi connectivity index (χ1) is 15.1. The third-order valence-electron chi connectivity index (χ3n) is 5.82. The van der Waals surface area contributed by atoms with Gasteiger partial charge in [0.1, 0.15) is 24.0 Å². The van der Waals surface area contributed by atoms with Crippen molar-refractivity contribution in [3.63, 3.8) is 0 Å². The van der Waals surface area contributed by atoms with E-state index in [1.165, 1.54) is 6.07 Å². The molecule has 0 aliphatic carbocycles. The van der Waals surface area contributed by atoms with Crippen molar-refractivity contribution in [1.29, 1.82) is 0 Å². The molecule has 3 aromatic carbocycles. The largest absolute Gasteiger partial charge is 0.489 e. The molecule has 0 amide bonds. The van der Waals surface area contributed by atoms with Crippen LogP contribution in [0.1, 0.15) is 42.9 Å². The number of nitrogens with zero attached hydrogens (tertiary/aromatic N) is 1. The maximum absolute atomic E-state index is 13.9. The van der Waals surface area contributed by atoms with Gasteiger partial charge in [0.25, 0.3) is 0 Å². The minimum atomic E-state index is -0.173. The Kier molecular flexibility index (Phi) is 6.66. The summed E-state index contributed by atoms with van der Waals surface area (Å²) in [6.45, 7) is 3.12. The average molecular weight is 418 g/mol. The lowest BCUT2D eigenvalue weighted by Crippen LogP contribution is -2.30. The SMILES string of the molecule is CC(=O)CC1CCCN1c1ccc(OCc2cccc(Cc3ccccc3F)c2)cc1. The van der Waals surface area contributed by atoms with Crippen molar-refractivity contribution >= 4 is 11.5 Å². The molecule has 1 saturated heterocycles. The van der Waals surface area contributed by atoms with E-state index in [1.54, 1.807) is 13.0 Å². The molecule has 0 bridgehead atoms. The number of benzene rings is 3. The van der Waals surface area contributed by atoms with Gasteiger partial charge >= 0.3 is 0 Å². The van der Waals surface area contributed by atoms with Gasteiger partial charge in [0.05, 0.1) is 0 Å². The van der Waals surface area contributed by atoms with Crippen molar-refractivity contribution < 1.29 is 13.9 Å². The van der Waals surface area contributed by atoms with E-state index in [2.05, 4.69) is 23.1 Å². The molecule has 0 aromatic heterocycles. The van der Waals surface area contributed by atoms with Crippen LogP contribution in [0.3, 0.4) is 0 Å². The van der Waals surface area contributed by atoms with E-state index >= 15 is 0 Å². The Bertz CT molecular complexity index is 1030. The van der Waals surface area contributed by atoms with Gasteiger partial charge in [0, 0.05) is 31.1 Å². The second kappa shape index (κ2) is 9.78. The average Bonchev–Trinajstić information content (AvgIpc) is 3.22. The normalized spacial score (nSPS) is 15.8. The van der Waals surface area contributed by atoms with Crippen LogP contribution in [0.4, 0.5) is 10.1 Å². The molecule has 1 fully saturated rings. The summed E-state index contributed by atoms with van der Waals surface area (Å²) in [6.07, 6.45) is 3.37. The highest BCUT2D eigenvalue weighted by atomic mass is 19.1. The summed E-state index contributed by atoms with van der Waals surface area (Å²) in [7, 11) is 0. The van der Waals surface area contributed by atoms with Gasteiger partial charge in [0.15, 0.2) is 0 Å². The number of rotatable bonds is 8. The van der Waals surface area contributed by atoms with Gasteiger partial charge < -0.3 is 9.64 Å². The molecule has 3 nitrogen and oxygen atoms in total. The van der Waals surface area contributed by atoms with Crippen LogP contribution in [0, 0.1) is 5.82 Å². The summed E-state index contributed by atoms with van der Waals surface area (Å²) in [4.78, 5) is 13.9. The van der Waals surface area contributed by atoms with Gasteiger partial charge in [0.2, 0.25) is 0 Å². The van der Waals surface area contributed by atoms with Crippen LogP contribution < -0.4 is 9.64 Å². The van der Waals surface area contributed by atoms with Crippen LogP contribution in [0.25, 0.3) is 0 Å². The molecule has 160 valence electrons. The van der Waals surface area contributed by atoms with Crippen molar-refractivity contribution in [2.75, 3.05) is 11.4 Å². The van der Waals surface area contributed by atoms with Crippen molar-refractivity contribution in [1.82, 2.24) is 0 Å². The highest BCUT2D eigenvalue weighted by Gasteiger charge is 2.25. The third-order valence-corrected chi connectivity index (χ3v) is 5.82. The first-order valence-electron chi connectivity index (χ1n) is 10.9. The monoisotopic (exact) mass is 417 g/mol. The molecule has 0 saturated carbocycles. The van der Waals surface area contributed by atoms with Crippen LogP contribution in [0.15, 0.2) is 72.8 Å². The number of ether oxygens (including phenoxy) is 1. The number of carbonyl (C=O) groups is 1. The van der Waals surface area contributed by atoms with Crippen molar-refractivity contribution in [2.24, 2.45) is 0 Å². The highest BCUT2D eigenvalue weighted by Crippen LogP contribution is 2.29. The Morgan fingerprint density at radius 1 is 1.03 bits per heavy atom. The molecule has 4 heteroatoms. The van der Waals surface area contributed by atoms with Crippen molar-refractivity contribution in [3.8, 4) is 5.75 Å². The summed E-state index contributed by atoms with van der Waals surface area (Å²) in [6, 6.07) is 23.4. The minimum Gasteiger partial charge on any atom is -0.489 e. The molecule has 4 rings (SSSR count). The third kappa shape index (κ3) is 5.52. The smallest absolute Gasteiger partial charge is 0.131 e. The van der Waals surface area contributed by atoms with E-state index in [9.17, 15) is 9.18 Å². The second-order valence-electron chi connectivity index (χ2n) is 8.27. The lowest BCUT2D eigenvalue weighted by Gasteiger charge is -2.26. The van der Waals surface area contributed by atoms with Crippen LogP contribution in [-0.2, 0) is 17.8 Å². The topological polar surface area (TPSA) is 29.5 Å². The number of halogens is 1. The number of hydrogen-bond acceptors (Lipinski definition) is 3. The lowest BCUT2D eigenvalue weighted by molar-refractivity contribution is -0.117. The summed E-state index contributed by atoms with van der Waals surface area (Å²) >= 11 is 0. The summed E-state index contributed by atoms with van der Waals surface area (Å²) in [5.74, 6) is 0.882. The molecule has 3 aromatic rings. The van der Waals surface area contributed by atoms with Gasteiger partial charge in [-0.15, -0.1) is 0 Å². The maximum atomic E-state index is 13.9. The Labute approximate surface area is 183 Å². The number of hydrogen-bond donors (Lipinski definition) is 0. The first-order valence-corrected chi connectivity index (χ1v) is 10.9. The summed E-state index contributed by atoms with van der Waals surface area (Å²) < 4.78 is 19.9. The van der Waals surface area contributed by atoms with Gasteiger partial charge in [-0.1, -0.05) is 42.5 Å². The zero-order valence-electron chi connectivity index (χ0n) is 17.9. The zero-order chi connectivity index (χ0) is 21.6. The molecule has 0 N–H and O–H groups in total. The number of ketones is 1. The van der Waals surface area contributed by atoms with Gasteiger partial charge in [-0.25, -0.2) is 4.39 Å². The number of anilines is 1. The number of Topliss-reactive ketones (excluding diaryl/α,β-unsaturated/α-hetero) is 1. The van der Waals surface area contributed by atoms with Crippen LogP contribution in [0.2, 0.25) is 0 Å². The number of carbonyl (C=O) groups excluding carboxylic acids is 1. The Morgan fingerprint density at radius 2 is 1.81 bits per heavy atom. The zero-order valence-corrected chi connectivity index (χ0v) is 17.9. The Hall–Kier alpha value is -3.14. The molecule has 1 heterocycles. The molecule has 1 aliphatic heterocycles. The maximum Gasteiger partial charge on any atom is 0.131 e. The highest BCUT2D eigenvalue weighted by molar-refractivity contribution is 5.77. The Balaban J connectivity index is 1.36. The first kappa shape index (κ1) is 21.1. The molecule has 1 unspecified atom stereocenters. The molecule has 1 atom stereocenters. The molecule has 0 spiro atoms. The van der Waals surface area contributed by atoms with Crippen LogP contribution in [-0.4, -0.2) is 18.4 Å². The predicted molar refractivity (Wildman–Crippen MR) is 122 cm³/mol. The van der Waals surface area contributed by atoms with Gasteiger partial charge in [-0.05, 0) is 66.8 Å². The fourth-order valence-electron chi connectivity index (χ4n) is 4.31. The van der Waals surface area contributed by atoms with E-state index in [4.69, 9.17) is 4.74 Å². The van der Waals surface area contributed by atoms with Crippen LogP contribution in [0.5, 0.6) is 5.75 Å². The van der Waals surface area contributed by atoms with E-state index in [-0.39, 0.29) is 11.6 Å². The molecular formula is C27H28FNO2. The summed E-state index contributed by atoms with van der Waals surface area (Å²) in [5.41, 5.74) is 3.95. The predicted octanol–water partition coefficient (Wildman–Crippen LogP) is 5.94. The molecule has 1 aliphatic rings. The Morgan fingerprint density at radius 3 is 2.58 bits per heavy atom. The molecule has 31 heavy (non-hydrogen) atoms. The quantitative estimate of drug-likeness (QED) is 0.454. The van der Waals surface area contributed by atoms with Crippen molar-refractivity contribution in [2.45, 2.75) is 45.3 Å². The standard InChI is InChI=1S/C27H28FNO2/c1-20(30)16-25-9-5-15-29(25)24-11-13-26(14-12-24)31-19-22-7-4-6-21(17-22)18-23-8-2-3-10-27(23)28/h2-4,6-8,10-14,17,25H,5,9,15-16,18-19H2,1H3. The van der Waals surface area contributed by atoms with E-state index in [0.717, 1.165) is 42.0 Å². The lowest BCUT2D eigenvalue weighted by atomic mass is 10.0. The molecule has 0 radical (unpaired) electrons. The van der Waals surface area contributed by atoms with E-state index in [0.29, 0.717) is 31.1 Å². The van der Waals surface area contributed by atoms with E-state index in [1.807, 2.05) is 42.5 Å². The fourth-order valence-corrected chi connectivity index (χ4v) is 4.31. The second-order valence-corrected chi connectivity index (χ2v) is 8.27. The van der Waals surface area contributed by atoms with Gasteiger partial charge in [-0.2, -0.15) is 0 Å². The summed E-state index contributed by atoms with van der Waals surface area (Å²) in [5, 5.41) is 0. The van der Waals surface area contributed by atoms with Gasteiger partial charge in [-0.3, -0.25) is 4.79 Å². The fraction of sp³-hybridized carbons (Fsp3) is 0.296. The van der Waals surface area contributed by atoms with E-state index < -0.39 is 0 Å². The van der Waals surface area contributed by atoms with Crippen molar-refractivity contribution in [3.05, 3.63) is 95.3 Å². The van der Waals surface area contributed by atoms with Crippen LogP contribution >= 0.6 is 0 Å².